The Morgan fingerprint density at radius 3 is 2.64 bits per heavy atom. The first-order valence-electron chi connectivity index (χ1n) is 13.5. The van der Waals surface area contributed by atoms with Crippen LogP contribution in [0.2, 0.25) is 0 Å². The van der Waals surface area contributed by atoms with E-state index in [1.165, 1.54) is 0 Å². The molecule has 36 heavy (non-hydrogen) atoms. The van der Waals surface area contributed by atoms with Crippen molar-refractivity contribution >= 4 is 17.7 Å². The van der Waals surface area contributed by atoms with Crippen molar-refractivity contribution < 1.29 is 19.1 Å². The van der Waals surface area contributed by atoms with Crippen molar-refractivity contribution in [1.82, 2.24) is 20.9 Å². The monoisotopic (exact) mass is 500 g/mol. The second-order valence-electron chi connectivity index (χ2n) is 10.6. The Balaban J connectivity index is 1.68. The molecule has 3 amide bonds. The summed E-state index contributed by atoms with van der Waals surface area (Å²) in [7, 11) is 1.65. The highest BCUT2D eigenvalue weighted by Crippen LogP contribution is 2.35. The number of nitrogens with one attached hydrogen (secondary N) is 3. The Morgan fingerprint density at radius 1 is 1.22 bits per heavy atom. The van der Waals surface area contributed by atoms with Crippen LogP contribution in [0, 0.1) is 5.92 Å². The molecular formula is C28H44N4O4. The number of piperazine rings is 1. The van der Waals surface area contributed by atoms with Gasteiger partial charge in [0.05, 0.1) is 0 Å². The molecule has 2 heterocycles. The third kappa shape index (κ3) is 6.85. The van der Waals surface area contributed by atoms with Gasteiger partial charge in [-0.05, 0) is 68.7 Å². The van der Waals surface area contributed by atoms with Crippen molar-refractivity contribution in [3.8, 4) is 0 Å². The van der Waals surface area contributed by atoms with Gasteiger partial charge in [0.2, 0.25) is 11.8 Å². The number of rotatable bonds is 12. The van der Waals surface area contributed by atoms with E-state index in [-0.39, 0.29) is 23.8 Å². The van der Waals surface area contributed by atoms with Crippen LogP contribution in [0.25, 0.3) is 0 Å². The van der Waals surface area contributed by atoms with Gasteiger partial charge in [-0.25, -0.2) is 0 Å². The van der Waals surface area contributed by atoms with Crippen LogP contribution in [-0.4, -0.2) is 73.6 Å². The molecule has 0 radical (unpaired) electrons. The normalized spacial score (nSPS) is 24.3. The summed E-state index contributed by atoms with van der Waals surface area (Å²) >= 11 is 0. The Hall–Kier alpha value is -2.45. The minimum Gasteiger partial charge on any atom is -0.385 e. The summed E-state index contributed by atoms with van der Waals surface area (Å²) in [5, 5.41) is 9.55. The minimum absolute atomic E-state index is 0.00385. The molecule has 3 N–H and O–H groups in total. The average molecular weight is 501 g/mol. The molecule has 8 heteroatoms. The molecule has 3 rings (SSSR count). The summed E-state index contributed by atoms with van der Waals surface area (Å²) in [6.45, 7) is 8.78. The van der Waals surface area contributed by atoms with Crippen LogP contribution in [-0.2, 0) is 20.7 Å². The number of nitrogens with zero attached hydrogens (tertiary/aromatic N) is 1. The zero-order valence-corrected chi connectivity index (χ0v) is 22.4. The third-order valence-corrected chi connectivity index (χ3v) is 7.32. The fourth-order valence-electron chi connectivity index (χ4n) is 5.41. The summed E-state index contributed by atoms with van der Waals surface area (Å²) in [6.07, 6.45) is 5.25. The molecule has 8 nitrogen and oxygen atoms in total. The van der Waals surface area contributed by atoms with E-state index in [1.807, 2.05) is 29.2 Å². The molecular weight excluding hydrogens is 456 g/mol. The summed E-state index contributed by atoms with van der Waals surface area (Å²) < 4.78 is 5.01. The van der Waals surface area contributed by atoms with Crippen LogP contribution in [0.1, 0.15) is 75.2 Å². The lowest BCUT2D eigenvalue weighted by molar-refractivity contribution is -0.161. The number of carbonyl (C=O) groups excluding carboxylic acids is 3. The second-order valence-corrected chi connectivity index (χ2v) is 10.6. The first-order chi connectivity index (χ1) is 17.3. The van der Waals surface area contributed by atoms with Crippen molar-refractivity contribution in [2.45, 2.75) is 83.3 Å². The van der Waals surface area contributed by atoms with Crippen molar-refractivity contribution in [1.29, 1.82) is 0 Å². The van der Waals surface area contributed by atoms with Crippen molar-refractivity contribution in [2.75, 3.05) is 33.4 Å². The number of methoxy groups -OCH3 is 1. The Labute approximate surface area is 215 Å². The van der Waals surface area contributed by atoms with Gasteiger partial charge in [-0.15, -0.1) is 0 Å². The molecule has 1 aromatic carbocycles. The van der Waals surface area contributed by atoms with E-state index in [0.29, 0.717) is 57.0 Å². The van der Waals surface area contributed by atoms with Gasteiger partial charge in [0.1, 0.15) is 11.6 Å². The highest BCUT2D eigenvalue weighted by atomic mass is 16.5. The van der Waals surface area contributed by atoms with Gasteiger partial charge >= 0.3 is 0 Å². The maximum Gasteiger partial charge on any atom is 0.251 e. The van der Waals surface area contributed by atoms with Gasteiger partial charge in [0.25, 0.3) is 5.91 Å². The second kappa shape index (κ2) is 13.2. The Morgan fingerprint density at radius 2 is 1.97 bits per heavy atom. The lowest BCUT2D eigenvalue weighted by atomic mass is 9.77. The predicted molar refractivity (Wildman–Crippen MR) is 141 cm³/mol. The number of piperidine rings is 1. The fraction of sp³-hybridized carbons (Fsp3) is 0.679. The average Bonchev–Trinajstić information content (AvgIpc) is 2.85. The quantitative estimate of drug-likeness (QED) is 0.383. The molecule has 2 fully saturated rings. The number of hydrogen-bond acceptors (Lipinski definition) is 5. The Bertz CT molecular complexity index is 888. The van der Waals surface area contributed by atoms with Gasteiger partial charge < -0.3 is 25.6 Å². The molecule has 200 valence electrons. The Kier molecular flexibility index (Phi) is 10.3. The number of unbranched alkanes of at least 4 members (excludes halogenated alkanes) is 1. The first kappa shape index (κ1) is 28.1. The molecule has 0 aliphatic carbocycles. The van der Waals surface area contributed by atoms with Crippen molar-refractivity contribution in [2.24, 2.45) is 5.92 Å². The third-order valence-electron chi connectivity index (χ3n) is 7.32. The number of hydrogen-bond donors (Lipinski definition) is 3. The lowest BCUT2D eigenvalue weighted by Gasteiger charge is -2.52. The minimum atomic E-state index is -0.794. The molecule has 3 atom stereocenters. The number of benzene rings is 1. The number of amides is 3. The summed E-state index contributed by atoms with van der Waals surface area (Å²) in [4.78, 5) is 41.3. The van der Waals surface area contributed by atoms with Gasteiger partial charge in [0, 0.05) is 38.4 Å². The molecule has 2 aliphatic heterocycles. The molecule has 0 saturated carbocycles. The first-order valence-corrected chi connectivity index (χ1v) is 13.5. The molecule has 2 saturated heterocycles. The standard InChI is InChI=1S/C28H44N4O4/c1-5-6-15-32-26(34)24(17-20(2)3)31-27(35)28(32)12-14-29-23(19-28)18-21-8-10-22(11-9-21)25(33)30-13-7-16-36-4/h8-11,20,23-24,29H,5-7,12-19H2,1-4H3,(H,30,33)(H,31,35)/t23?,24-,28?/m0/s1. The maximum absolute atomic E-state index is 13.5. The summed E-state index contributed by atoms with van der Waals surface area (Å²) in [5.74, 6) is 0.305. The van der Waals surface area contributed by atoms with E-state index in [0.717, 1.165) is 31.2 Å². The van der Waals surface area contributed by atoms with Gasteiger partial charge in [-0.2, -0.15) is 0 Å². The highest BCUT2D eigenvalue weighted by molar-refractivity contribution is 6.00. The van der Waals surface area contributed by atoms with Crippen molar-refractivity contribution in [3.63, 3.8) is 0 Å². The van der Waals surface area contributed by atoms with Gasteiger partial charge in [-0.3, -0.25) is 14.4 Å². The van der Waals surface area contributed by atoms with E-state index in [4.69, 9.17) is 4.74 Å². The van der Waals surface area contributed by atoms with Crippen LogP contribution in [0.4, 0.5) is 0 Å². The molecule has 1 spiro atoms. The molecule has 1 aromatic rings. The highest BCUT2D eigenvalue weighted by Gasteiger charge is 2.54. The number of carbonyl (C=O) groups is 3. The van der Waals surface area contributed by atoms with Crippen LogP contribution < -0.4 is 16.0 Å². The maximum atomic E-state index is 13.5. The predicted octanol–water partition coefficient (Wildman–Crippen LogP) is 2.66. The largest absolute Gasteiger partial charge is 0.385 e. The lowest BCUT2D eigenvalue weighted by Crippen LogP contribution is -2.74. The van der Waals surface area contributed by atoms with Crippen LogP contribution in [0.15, 0.2) is 24.3 Å². The van der Waals surface area contributed by atoms with E-state index in [1.54, 1.807) is 7.11 Å². The van der Waals surface area contributed by atoms with E-state index >= 15 is 0 Å². The molecule has 0 aromatic heterocycles. The topological polar surface area (TPSA) is 99.8 Å². The van der Waals surface area contributed by atoms with Crippen molar-refractivity contribution in [3.05, 3.63) is 35.4 Å². The van der Waals surface area contributed by atoms with Crippen LogP contribution in [0.5, 0.6) is 0 Å². The zero-order valence-electron chi connectivity index (χ0n) is 22.4. The number of ether oxygens (including phenoxy) is 1. The van der Waals surface area contributed by atoms with E-state index in [2.05, 4.69) is 36.7 Å². The van der Waals surface area contributed by atoms with Crippen LogP contribution >= 0.6 is 0 Å². The van der Waals surface area contributed by atoms with E-state index in [9.17, 15) is 14.4 Å². The van der Waals surface area contributed by atoms with Gasteiger partial charge in [-0.1, -0.05) is 39.3 Å². The zero-order chi connectivity index (χ0) is 26.1. The van der Waals surface area contributed by atoms with Gasteiger partial charge in [0.15, 0.2) is 0 Å². The summed E-state index contributed by atoms with van der Waals surface area (Å²) in [6, 6.07) is 7.29. The molecule has 2 unspecified atom stereocenters. The van der Waals surface area contributed by atoms with E-state index < -0.39 is 11.6 Å². The molecule has 0 bridgehead atoms. The smallest absolute Gasteiger partial charge is 0.251 e. The fourth-order valence-corrected chi connectivity index (χ4v) is 5.41. The SMILES string of the molecule is CCCCN1C(=O)[C@H](CC(C)C)NC(=O)C12CCNC(Cc1ccc(C(=O)NCCCOC)cc1)C2. The molecule has 2 aliphatic rings. The summed E-state index contributed by atoms with van der Waals surface area (Å²) in [5.41, 5.74) is 0.932. The van der Waals surface area contributed by atoms with Crippen LogP contribution in [0.3, 0.4) is 0 Å².